The molecular weight excluding hydrogens is 332 g/mol. The maximum absolute atomic E-state index is 11.9. The molecule has 4 nitrogen and oxygen atoms in total. The summed E-state index contributed by atoms with van der Waals surface area (Å²) < 4.78 is 0.895. The van der Waals surface area contributed by atoms with Gasteiger partial charge in [-0.3, -0.25) is 9.59 Å². The van der Waals surface area contributed by atoms with Crippen molar-refractivity contribution in [2.24, 2.45) is 5.73 Å². The van der Waals surface area contributed by atoms with Crippen LogP contribution in [0.15, 0.2) is 59.1 Å². The van der Waals surface area contributed by atoms with Crippen molar-refractivity contribution >= 4 is 39.5 Å². The molecule has 0 radical (unpaired) electrons. The van der Waals surface area contributed by atoms with Crippen LogP contribution in [-0.4, -0.2) is 11.8 Å². The van der Waals surface area contributed by atoms with Gasteiger partial charge in [0.2, 0.25) is 5.91 Å². The number of para-hydroxylation sites is 1. The second kappa shape index (κ2) is 6.85. The van der Waals surface area contributed by atoms with Crippen LogP contribution in [0.3, 0.4) is 0 Å². The lowest BCUT2D eigenvalue weighted by Gasteiger charge is -2.06. The third kappa shape index (κ3) is 4.03. The van der Waals surface area contributed by atoms with Crippen LogP contribution >= 0.6 is 15.9 Å². The first-order valence-electron chi connectivity index (χ1n) is 6.20. The monoisotopic (exact) mass is 344 g/mol. The maximum atomic E-state index is 11.9. The van der Waals surface area contributed by atoms with Crippen molar-refractivity contribution in [3.63, 3.8) is 0 Å². The minimum atomic E-state index is -0.583. The van der Waals surface area contributed by atoms with E-state index in [4.69, 9.17) is 5.73 Å². The average molecular weight is 345 g/mol. The number of anilines is 1. The largest absolute Gasteiger partial charge is 0.366 e. The fraction of sp³-hybridized carbons (Fsp3) is 0. The molecule has 2 aromatic rings. The van der Waals surface area contributed by atoms with Gasteiger partial charge in [0.15, 0.2) is 0 Å². The highest BCUT2D eigenvalue weighted by Gasteiger charge is 2.08. The topological polar surface area (TPSA) is 72.2 Å². The molecule has 0 bridgehead atoms. The van der Waals surface area contributed by atoms with Gasteiger partial charge in [0.25, 0.3) is 5.91 Å². The van der Waals surface area contributed by atoms with Crippen LogP contribution in [0, 0.1) is 0 Å². The number of halogens is 1. The van der Waals surface area contributed by atoms with Crippen molar-refractivity contribution in [1.82, 2.24) is 0 Å². The number of hydrogen-bond donors (Lipinski definition) is 2. The standard InChI is InChI=1S/C16H13BrN2O2/c17-13-7-3-1-5-11(13)9-10-15(20)19-14-8-4-2-6-12(14)16(18)21/h1-10H,(H2,18,21)(H,19,20). The van der Waals surface area contributed by atoms with E-state index in [1.807, 2.05) is 24.3 Å². The highest BCUT2D eigenvalue weighted by Crippen LogP contribution is 2.18. The van der Waals surface area contributed by atoms with Crippen molar-refractivity contribution in [3.8, 4) is 0 Å². The lowest BCUT2D eigenvalue weighted by atomic mass is 10.1. The first-order valence-corrected chi connectivity index (χ1v) is 6.99. The molecule has 0 aliphatic rings. The summed E-state index contributed by atoms with van der Waals surface area (Å²) in [5.41, 5.74) is 6.82. The van der Waals surface area contributed by atoms with Crippen LogP contribution in [0.2, 0.25) is 0 Å². The van der Waals surface area contributed by atoms with Gasteiger partial charge in [-0.15, -0.1) is 0 Å². The first-order chi connectivity index (χ1) is 10.1. The zero-order valence-corrected chi connectivity index (χ0v) is 12.6. The molecule has 0 atom stereocenters. The van der Waals surface area contributed by atoms with Gasteiger partial charge < -0.3 is 11.1 Å². The molecule has 0 aliphatic heterocycles. The molecule has 2 rings (SSSR count). The minimum absolute atomic E-state index is 0.278. The molecule has 0 saturated carbocycles. The molecule has 0 spiro atoms. The fourth-order valence-corrected chi connectivity index (χ4v) is 2.17. The van der Waals surface area contributed by atoms with E-state index in [1.54, 1.807) is 30.3 Å². The van der Waals surface area contributed by atoms with Crippen LogP contribution < -0.4 is 11.1 Å². The third-order valence-electron chi connectivity index (χ3n) is 2.77. The zero-order chi connectivity index (χ0) is 15.2. The van der Waals surface area contributed by atoms with Crippen LogP contribution in [0.5, 0.6) is 0 Å². The fourth-order valence-electron chi connectivity index (χ4n) is 1.76. The first kappa shape index (κ1) is 15.0. The summed E-state index contributed by atoms with van der Waals surface area (Å²) in [7, 11) is 0. The zero-order valence-electron chi connectivity index (χ0n) is 11.0. The van der Waals surface area contributed by atoms with Gasteiger partial charge in [-0.1, -0.05) is 46.3 Å². The van der Waals surface area contributed by atoms with E-state index in [0.29, 0.717) is 5.69 Å². The van der Waals surface area contributed by atoms with Crippen molar-refractivity contribution in [1.29, 1.82) is 0 Å². The van der Waals surface area contributed by atoms with E-state index < -0.39 is 5.91 Å². The minimum Gasteiger partial charge on any atom is -0.366 e. The Labute approximate surface area is 130 Å². The van der Waals surface area contributed by atoms with E-state index in [1.165, 1.54) is 6.08 Å². The molecule has 5 heteroatoms. The number of carbonyl (C=O) groups is 2. The summed E-state index contributed by atoms with van der Waals surface area (Å²) >= 11 is 3.40. The lowest BCUT2D eigenvalue weighted by Crippen LogP contribution is -2.16. The normalized spacial score (nSPS) is 10.5. The Bertz CT molecular complexity index is 711. The molecular formula is C16H13BrN2O2. The summed E-state index contributed by atoms with van der Waals surface area (Å²) in [6, 6.07) is 14.1. The summed E-state index contributed by atoms with van der Waals surface area (Å²) in [4.78, 5) is 23.2. The Kier molecular flexibility index (Phi) is 4.90. The number of benzene rings is 2. The molecule has 106 valence electrons. The number of amides is 2. The van der Waals surface area contributed by atoms with E-state index in [-0.39, 0.29) is 11.5 Å². The highest BCUT2D eigenvalue weighted by molar-refractivity contribution is 9.10. The number of nitrogens with one attached hydrogen (secondary N) is 1. The molecule has 2 amide bonds. The van der Waals surface area contributed by atoms with Gasteiger partial charge in [-0.05, 0) is 29.8 Å². The average Bonchev–Trinajstić information content (AvgIpc) is 2.47. The molecule has 3 N–H and O–H groups in total. The summed E-state index contributed by atoms with van der Waals surface area (Å²) in [6.45, 7) is 0. The maximum Gasteiger partial charge on any atom is 0.250 e. The Balaban J connectivity index is 2.13. The van der Waals surface area contributed by atoms with Crippen LogP contribution in [0.1, 0.15) is 15.9 Å². The summed E-state index contributed by atoms with van der Waals surface area (Å²) in [5.74, 6) is -0.917. The molecule has 0 aliphatic carbocycles. The SMILES string of the molecule is NC(=O)c1ccccc1NC(=O)C=Cc1ccccc1Br. The Morgan fingerprint density at radius 3 is 2.43 bits per heavy atom. The molecule has 0 unspecified atom stereocenters. The van der Waals surface area contributed by atoms with E-state index in [0.717, 1.165) is 10.0 Å². The molecule has 21 heavy (non-hydrogen) atoms. The van der Waals surface area contributed by atoms with Gasteiger partial charge in [-0.2, -0.15) is 0 Å². The third-order valence-corrected chi connectivity index (χ3v) is 3.49. The second-order valence-corrected chi connectivity index (χ2v) is 5.11. The number of carbonyl (C=O) groups excluding carboxylic acids is 2. The van der Waals surface area contributed by atoms with Crippen molar-refractivity contribution in [2.75, 3.05) is 5.32 Å². The number of rotatable bonds is 4. The molecule has 0 aromatic heterocycles. The van der Waals surface area contributed by atoms with Gasteiger partial charge in [0.1, 0.15) is 0 Å². The Hall–Kier alpha value is -2.40. The predicted molar refractivity (Wildman–Crippen MR) is 86.8 cm³/mol. The number of hydrogen-bond acceptors (Lipinski definition) is 2. The van der Waals surface area contributed by atoms with Crippen molar-refractivity contribution in [3.05, 3.63) is 70.2 Å². The van der Waals surface area contributed by atoms with Gasteiger partial charge in [-0.25, -0.2) is 0 Å². The van der Waals surface area contributed by atoms with E-state index in [9.17, 15) is 9.59 Å². The quantitative estimate of drug-likeness (QED) is 0.836. The number of nitrogens with two attached hydrogens (primary N) is 1. The highest BCUT2D eigenvalue weighted by atomic mass is 79.9. The molecule has 2 aromatic carbocycles. The lowest BCUT2D eigenvalue weighted by molar-refractivity contribution is -0.111. The molecule has 0 heterocycles. The van der Waals surface area contributed by atoms with E-state index >= 15 is 0 Å². The van der Waals surface area contributed by atoms with Crippen LogP contribution in [0.25, 0.3) is 6.08 Å². The number of primary amides is 1. The molecule has 0 saturated heterocycles. The van der Waals surface area contributed by atoms with Gasteiger partial charge in [0.05, 0.1) is 11.3 Å². The Morgan fingerprint density at radius 2 is 1.71 bits per heavy atom. The van der Waals surface area contributed by atoms with Gasteiger partial charge >= 0.3 is 0 Å². The van der Waals surface area contributed by atoms with E-state index in [2.05, 4.69) is 21.2 Å². The smallest absolute Gasteiger partial charge is 0.250 e. The second-order valence-electron chi connectivity index (χ2n) is 4.25. The van der Waals surface area contributed by atoms with Crippen LogP contribution in [0.4, 0.5) is 5.69 Å². The Morgan fingerprint density at radius 1 is 1.05 bits per heavy atom. The van der Waals surface area contributed by atoms with Crippen LogP contribution in [-0.2, 0) is 4.79 Å². The van der Waals surface area contributed by atoms with Crippen molar-refractivity contribution in [2.45, 2.75) is 0 Å². The predicted octanol–water partition coefficient (Wildman–Crippen LogP) is 3.20. The van der Waals surface area contributed by atoms with Crippen molar-refractivity contribution < 1.29 is 9.59 Å². The molecule has 0 fully saturated rings. The summed E-state index contributed by atoms with van der Waals surface area (Å²) in [5, 5.41) is 2.64. The summed E-state index contributed by atoms with van der Waals surface area (Å²) in [6.07, 6.45) is 3.09. The van der Waals surface area contributed by atoms with Gasteiger partial charge in [0, 0.05) is 10.5 Å².